The minimum Gasteiger partial charge on any atom is -0.465 e. The van der Waals surface area contributed by atoms with Gasteiger partial charge in [-0.1, -0.05) is 36.4 Å². The predicted octanol–water partition coefficient (Wildman–Crippen LogP) is 2.71. The maximum absolute atomic E-state index is 10.9. The van der Waals surface area contributed by atoms with Crippen LogP contribution in [0, 0.1) is 0 Å². The molecule has 2 aliphatic heterocycles. The number of hydrogen-bond donors (Lipinski definition) is 2. The summed E-state index contributed by atoms with van der Waals surface area (Å²) in [6, 6.07) is 10.3. The molecule has 1 unspecified atom stereocenters. The van der Waals surface area contributed by atoms with Crippen molar-refractivity contribution in [3.63, 3.8) is 0 Å². The van der Waals surface area contributed by atoms with Gasteiger partial charge in [-0.25, -0.2) is 5.01 Å². The molecule has 0 spiro atoms. The first-order valence-electron chi connectivity index (χ1n) is 9.11. The van der Waals surface area contributed by atoms with E-state index >= 15 is 0 Å². The van der Waals surface area contributed by atoms with Crippen molar-refractivity contribution in [1.29, 1.82) is 0 Å². The van der Waals surface area contributed by atoms with Crippen LogP contribution in [0.4, 0.5) is 0 Å². The Labute approximate surface area is 154 Å². The van der Waals surface area contributed by atoms with Crippen LogP contribution in [0.15, 0.2) is 71.1 Å². The van der Waals surface area contributed by atoms with Crippen LogP contribution in [0.25, 0.3) is 0 Å². The van der Waals surface area contributed by atoms with Gasteiger partial charge in [-0.15, -0.1) is 0 Å². The van der Waals surface area contributed by atoms with E-state index in [1.165, 1.54) is 5.56 Å². The SMILES string of the molecule is CC1(C)N=C2CC3=CC=COC3=CC2N(NCCc2ccccc2)[C@@H]1O. The quantitative estimate of drug-likeness (QED) is 0.876. The van der Waals surface area contributed by atoms with Crippen molar-refractivity contribution in [3.05, 3.63) is 71.7 Å². The molecule has 5 nitrogen and oxygen atoms in total. The van der Waals surface area contributed by atoms with Crippen molar-refractivity contribution in [2.24, 2.45) is 4.99 Å². The summed E-state index contributed by atoms with van der Waals surface area (Å²) in [5.41, 5.74) is 6.33. The van der Waals surface area contributed by atoms with Gasteiger partial charge in [0.2, 0.25) is 0 Å². The number of nitrogens with one attached hydrogen (secondary N) is 1. The lowest BCUT2D eigenvalue weighted by molar-refractivity contribution is -0.0832. The first-order valence-corrected chi connectivity index (χ1v) is 9.11. The van der Waals surface area contributed by atoms with Gasteiger partial charge in [0.1, 0.15) is 12.0 Å². The number of benzene rings is 1. The number of allylic oxidation sites excluding steroid dienone is 3. The third-order valence-electron chi connectivity index (χ3n) is 5.09. The number of ether oxygens (including phenoxy) is 1. The van der Waals surface area contributed by atoms with E-state index in [-0.39, 0.29) is 6.04 Å². The zero-order valence-electron chi connectivity index (χ0n) is 15.2. The van der Waals surface area contributed by atoms with Crippen LogP contribution < -0.4 is 5.43 Å². The molecule has 5 heteroatoms. The second kappa shape index (κ2) is 6.83. The molecule has 3 aliphatic rings. The van der Waals surface area contributed by atoms with Crippen molar-refractivity contribution in [2.75, 3.05) is 6.54 Å². The summed E-state index contributed by atoms with van der Waals surface area (Å²) < 4.78 is 5.66. The fourth-order valence-corrected chi connectivity index (χ4v) is 3.68. The van der Waals surface area contributed by atoms with E-state index in [4.69, 9.17) is 9.73 Å². The highest BCUT2D eigenvalue weighted by molar-refractivity contribution is 5.96. The summed E-state index contributed by atoms with van der Waals surface area (Å²) in [4.78, 5) is 4.84. The second-order valence-corrected chi connectivity index (χ2v) is 7.47. The molecule has 0 fully saturated rings. The van der Waals surface area contributed by atoms with Crippen molar-refractivity contribution >= 4 is 5.71 Å². The Kier molecular flexibility index (Phi) is 4.53. The zero-order chi connectivity index (χ0) is 18.1. The van der Waals surface area contributed by atoms with Crippen LogP contribution in [0.5, 0.6) is 0 Å². The van der Waals surface area contributed by atoms with Crippen molar-refractivity contribution < 1.29 is 9.84 Å². The van der Waals surface area contributed by atoms with E-state index < -0.39 is 11.8 Å². The Balaban J connectivity index is 1.55. The van der Waals surface area contributed by atoms with E-state index in [1.54, 1.807) is 6.26 Å². The van der Waals surface area contributed by atoms with E-state index in [0.29, 0.717) is 0 Å². The average molecular weight is 351 g/mol. The largest absolute Gasteiger partial charge is 0.465 e. The molecule has 136 valence electrons. The summed E-state index contributed by atoms with van der Waals surface area (Å²) in [7, 11) is 0. The van der Waals surface area contributed by atoms with Gasteiger partial charge in [-0.05, 0) is 38.0 Å². The topological polar surface area (TPSA) is 57.1 Å². The lowest BCUT2D eigenvalue weighted by Gasteiger charge is -2.46. The molecule has 1 aromatic rings. The van der Waals surface area contributed by atoms with Gasteiger partial charge in [-0.3, -0.25) is 10.4 Å². The van der Waals surface area contributed by atoms with Crippen molar-refractivity contribution in [3.8, 4) is 0 Å². The van der Waals surface area contributed by atoms with Crippen molar-refractivity contribution in [2.45, 2.75) is 44.5 Å². The van der Waals surface area contributed by atoms with Gasteiger partial charge in [0.05, 0.1) is 17.8 Å². The fraction of sp³-hybridized carbons (Fsp3) is 0.381. The normalized spacial score (nSPS) is 26.8. The highest BCUT2D eigenvalue weighted by Crippen LogP contribution is 2.34. The van der Waals surface area contributed by atoms with Crippen LogP contribution in [-0.2, 0) is 11.2 Å². The number of hydrazine groups is 1. The minimum absolute atomic E-state index is 0.104. The molecular weight excluding hydrogens is 326 g/mol. The first-order chi connectivity index (χ1) is 12.5. The summed E-state index contributed by atoms with van der Waals surface area (Å²) >= 11 is 0. The van der Waals surface area contributed by atoms with Gasteiger partial charge >= 0.3 is 0 Å². The molecule has 2 atom stereocenters. The Bertz CT molecular complexity index is 793. The van der Waals surface area contributed by atoms with Crippen molar-refractivity contribution in [1.82, 2.24) is 10.4 Å². The second-order valence-electron chi connectivity index (χ2n) is 7.47. The molecular formula is C21H25N3O2. The molecule has 4 rings (SSSR count). The molecule has 26 heavy (non-hydrogen) atoms. The smallest absolute Gasteiger partial charge is 0.145 e. The molecule has 1 aliphatic carbocycles. The molecule has 0 saturated carbocycles. The van der Waals surface area contributed by atoms with Gasteiger partial charge in [0, 0.05) is 24.3 Å². The zero-order valence-corrected chi connectivity index (χ0v) is 15.2. The Hall–Kier alpha value is -2.21. The summed E-state index contributed by atoms with van der Waals surface area (Å²) in [6.07, 6.45) is 8.64. The molecule has 2 heterocycles. The number of aliphatic hydroxyl groups excluding tert-OH is 1. The van der Waals surface area contributed by atoms with Crippen LogP contribution in [0.3, 0.4) is 0 Å². The first kappa shape index (κ1) is 17.2. The van der Waals surface area contributed by atoms with Crippen LogP contribution in [-0.4, -0.2) is 40.2 Å². The maximum Gasteiger partial charge on any atom is 0.145 e. The Morgan fingerprint density at radius 1 is 1.31 bits per heavy atom. The third kappa shape index (κ3) is 3.26. The average Bonchev–Trinajstić information content (AvgIpc) is 2.64. The lowest BCUT2D eigenvalue weighted by Crippen LogP contribution is -2.64. The van der Waals surface area contributed by atoms with Gasteiger partial charge in [0.15, 0.2) is 0 Å². The molecule has 0 aromatic heterocycles. The van der Waals surface area contributed by atoms with E-state index in [1.807, 2.05) is 49.2 Å². The molecule has 0 amide bonds. The van der Waals surface area contributed by atoms with E-state index in [9.17, 15) is 5.11 Å². The minimum atomic E-state index is -0.714. The van der Waals surface area contributed by atoms with E-state index in [0.717, 1.165) is 36.4 Å². The standard InChI is InChI=1S/C21H25N3O2/c1-21(2)20(25)24(22-11-10-15-7-4-3-5-8-15)18-14-19-16(9-6-12-26-19)13-17(18)23-21/h3-9,12,14,18,20,22,25H,10-11,13H2,1-2H3/t18?,20-/m1/s1. The maximum atomic E-state index is 10.9. The van der Waals surface area contributed by atoms with Gasteiger partial charge < -0.3 is 9.84 Å². The Morgan fingerprint density at radius 3 is 2.92 bits per heavy atom. The van der Waals surface area contributed by atoms with Crippen LogP contribution in [0.1, 0.15) is 25.8 Å². The molecule has 0 saturated heterocycles. The number of aliphatic hydroxyl groups is 1. The summed E-state index contributed by atoms with van der Waals surface area (Å²) in [5.74, 6) is 0.859. The number of rotatable bonds is 4. The van der Waals surface area contributed by atoms with Gasteiger partial charge in [-0.2, -0.15) is 0 Å². The van der Waals surface area contributed by atoms with E-state index in [2.05, 4.69) is 23.6 Å². The Morgan fingerprint density at radius 2 is 2.12 bits per heavy atom. The molecule has 1 aromatic carbocycles. The molecule has 0 radical (unpaired) electrons. The lowest BCUT2D eigenvalue weighted by atomic mass is 9.88. The van der Waals surface area contributed by atoms with Gasteiger partial charge in [0.25, 0.3) is 0 Å². The monoisotopic (exact) mass is 351 g/mol. The fourth-order valence-electron chi connectivity index (χ4n) is 3.68. The van der Waals surface area contributed by atoms with Crippen LogP contribution >= 0.6 is 0 Å². The molecule has 0 bridgehead atoms. The predicted molar refractivity (Wildman–Crippen MR) is 102 cm³/mol. The highest BCUT2D eigenvalue weighted by atomic mass is 16.5. The number of fused-ring (bicyclic) bond motifs is 2. The molecule has 2 N–H and O–H groups in total. The van der Waals surface area contributed by atoms with Crippen LogP contribution in [0.2, 0.25) is 0 Å². The number of aliphatic imine (C=N–C) groups is 1. The third-order valence-corrected chi connectivity index (χ3v) is 5.09. The highest BCUT2D eigenvalue weighted by Gasteiger charge is 2.44. The number of hydrogen-bond acceptors (Lipinski definition) is 5. The summed E-state index contributed by atoms with van der Waals surface area (Å²) in [6.45, 7) is 4.68. The number of nitrogens with zero attached hydrogens (tertiary/aromatic N) is 2. The summed E-state index contributed by atoms with van der Waals surface area (Å²) in [5, 5.41) is 12.8.